The van der Waals surface area contributed by atoms with Crippen molar-refractivity contribution in [3.05, 3.63) is 85.1 Å². The summed E-state index contributed by atoms with van der Waals surface area (Å²) in [6.07, 6.45) is 1.85. The molecule has 6 rings (SSSR count). The summed E-state index contributed by atoms with van der Waals surface area (Å²) in [5, 5.41) is 1.13. The van der Waals surface area contributed by atoms with Gasteiger partial charge in [-0.15, -0.1) is 0 Å². The summed E-state index contributed by atoms with van der Waals surface area (Å²) in [7, 11) is 0. The predicted octanol–water partition coefficient (Wildman–Crippen LogP) is 4.98. The Balaban J connectivity index is 1.95. The molecule has 0 aliphatic rings. The number of aromatic nitrogens is 4. The smallest absolute Gasteiger partial charge is 0.220 e. The number of hydrogen-bond acceptors (Lipinski definition) is 2. The fourth-order valence-electron chi connectivity index (χ4n) is 3.84. The van der Waals surface area contributed by atoms with Crippen LogP contribution < -0.4 is 0 Å². The van der Waals surface area contributed by atoms with Crippen LogP contribution in [-0.4, -0.2) is 18.9 Å². The minimum Gasteiger partial charge on any atom is -0.278 e. The molecule has 0 N–H and O–H groups in total. The first-order valence-electron chi connectivity index (χ1n) is 8.62. The lowest BCUT2D eigenvalue weighted by atomic mass is 10.2. The highest BCUT2D eigenvalue weighted by Gasteiger charge is 2.19. The van der Waals surface area contributed by atoms with Gasteiger partial charge in [-0.3, -0.25) is 14.0 Å². The van der Waals surface area contributed by atoms with Gasteiger partial charge in [0.05, 0.1) is 27.6 Å². The van der Waals surface area contributed by atoms with Crippen LogP contribution in [0.2, 0.25) is 0 Å². The first kappa shape index (κ1) is 13.6. The molecular weight excluding hydrogens is 320 g/mol. The summed E-state index contributed by atoms with van der Waals surface area (Å²) >= 11 is 0. The Kier molecular flexibility index (Phi) is 2.58. The molecule has 4 nitrogen and oxygen atoms in total. The average Bonchev–Trinajstić information content (AvgIpc) is 3.22. The molecule has 4 heteroatoms. The Labute approximate surface area is 149 Å². The van der Waals surface area contributed by atoms with Gasteiger partial charge in [-0.2, -0.15) is 0 Å². The van der Waals surface area contributed by atoms with Gasteiger partial charge < -0.3 is 0 Å². The number of fused-ring (bicyclic) bond motifs is 7. The standard InChI is InChI=1S/C22H14N4/c1-2-8-16(9-3-1)25-19-13-12-15-7-6-14-23-20(15)21(19)26-18-11-5-4-10-17(18)24-22(25)26/h1-14H. The topological polar surface area (TPSA) is 35.1 Å². The third-order valence-corrected chi connectivity index (χ3v) is 4.95. The lowest BCUT2D eigenvalue weighted by Gasteiger charge is -2.05. The van der Waals surface area contributed by atoms with E-state index in [9.17, 15) is 0 Å². The third-order valence-electron chi connectivity index (χ3n) is 4.95. The Morgan fingerprint density at radius 3 is 2.46 bits per heavy atom. The molecule has 0 radical (unpaired) electrons. The van der Waals surface area contributed by atoms with Crippen molar-refractivity contribution in [2.75, 3.05) is 0 Å². The molecule has 0 saturated heterocycles. The van der Waals surface area contributed by atoms with Gasteiger partial charge in [0, 0.05) is 17.3 Å². The summed E-state index contributed by atoms with van der Waals surface area (Å²) in [5.74, 6) is 0.908. The number of para-hydroxylation sites is 3. The van der Waals surface area contributed by atoms with Crippen LogP contribution in [0.4, 0.5) is 0 Å². The average molecular weight is 334 g/mol. The third kappa shape index (κ3) is 1.68. The van der Waals surface area contributed by atoms with Crippen molar-refractivity contribution in [3.8, 4) is 5.69 Å². The van der Waals surface area contributed by atoms with Gasteiger partial charge >= 0.3 is 0 Å². The minimum atomic E-state index is 0.908. The highest BCUT2D eigenvalue weighted by molar-refractivity contribution is 6.06. The van der Waals surface area contributed by atoms with Gasteiger partial charge in [-0.25, -0.2) is 4.98 Å². The van der Waals surface area contributed by atoms with Crippen molar-refractivity contribution in [1.29, 1.82) is 0 Å². The highest BCUT2D eigenvalue weighted by Crippen LogP contribution is 2.32. The number of benzene rings is 3. The van der Waals surface area contributed by atoms with Gasteiger partial charge in [-0.1, -0.05) is 42.5 Å². The van der Waals surface area contributed by atoms with Gasteiger partial charge in [0.2, 0.25) is 5.78 Å². The fourth-order valence-corrected chi connectivity index (χ4v) is 3.84. The van der Waals surface area contributed by atoms with Gasteiger partial charge in [0.25, 0.3) is 0 Å². The maximum atomic E-state index is 4.93. The van der Waals surface area contributed by atoms with Gasteiger partial charge in [0.15, 0.2) is 0 Å². The van der Waals surface area contributed by atoms with Crippen LogP contribution in [0.15, 0.2) is 85.1 Å². The summed E-state index contributed by atoms with van der Waals surface area (Å²) in [6.45, 7) is 0. The van der Waals surface area contributed by atoms with E-state index >= 15 is 0 Å². The zero-order chi connectivity index (χ0) is 17.1. The summed E-state index contributed by atoms with van der Waals surface area (Å²) in [4.78, 5) is 9.62. The largest absolute Gasteiger partial charge is 0.278 e. The number of pyridine rings is 1. The SMILES string of the molecule is c1ccc(-n2c3ccc4cccnc4c3n3c4ccccc4nc23)cc1. The van der Waals surface area contributed by atoms with Crippen LogP contribution in [0, 0.1) is 0 Å². The van der Waals surface area contributed by atoms with Crippen molar-refractivity contribution < 1.29 is 0 Å². The zero-order valence-electron chi connectivity index (χ0n) is 13.9. The molecule has 3 aromatic heterocycles. The van der Waals surface area contributed by atoms with E-state index in [2.05, 4.69) is 69.6 Å². The maximum absolute atomic E-state index is 4.93. The molecule has 0 saturated carbocycles. The quantitative estimate of drug-likeness (QED) is 0.425. The molecule has 0 spiro atoms. The summed E-state index contributed by atoms with van der Waals surface area (Å²) in [5.41, 5.74) is 6.37. The first-order valence-corrected chi connectivity index (χ1v) is 8.62. The Morgan fingerprint density at radius 1 is 0.692 bits per heavy atom. The molecule has 0 bridgehead atoms. The molecule has 26 heavy (non-hydrogen) atoms. The Morgan fingerprint density at radius 2 is 1.54 bits per heavy atom. The summed E-state index contributed by atoms with van der Waals surface area (Å²) in [6, 6.07) is 27.0. The molecule has 122 valence electrons. The van der Waals surface area contributed by atoms with Crippen molar-refractivity contribution in [2.45, 2.75) is 0 Å². The van der Waals surface area contributed by atoms with E-state index in [-0.39, 0.29) is 0 Å². The maximum Gasteiger partial charge on any atom is 0.220 e. The number of nitrogens with zero attached hydrogens (tertiary/aromatic N) is 4. The lowest BCUT2D eigenvalue weighted by molar-refractivity contribution is 1.11. The normalized spacial score (nSPS) is 11.8. The second-order valence-corrected chi connectivity index (χ2v) is 6.42. The van der Waals surface area contributed by atoms with Crippen molar-refractivity contribution in [2.24, 2.45) is 0 Å². The fraction of sp³-hybridized carbons (Fsp3) is 0. The molecule has 0 unspecified atom stereocenters. The molecule has 0 amide bonds. The van der Waals surface area contributed by atoms with Crippen molar-refractivity contribution in [1.82, 2.24) is 18.9 Å². The van der Waals surface area contributed by atoms with Crippen LogP contribution >= 0.6 is 0 Å². The Bertz CT molecular complexity index is 1420. The van der Waals surface area contributed by atoms with E-state index in [1.165, 1.54) is 0 Å². The molecule has 0 aliphatic carbocycles. The zero-order valence-corrected chi connectivity index (χ0v) is 13.9. The number of imidazole rings is 2. The highest BCUT2D eigenvalue weighted by atomic mass is 15.2. The molecule has 0 fully saturated rings. The van der Waals surface area contributed by atoms with E-state index in [0.29, 0.717) is 0 Å². The molecular formula is C22H14N4. The molecule has 6 aromatic rings. The lowest BCUT2D eigenvalue weighted by Crippen LogP contribution is -1.94. The predicted molar refractivity (Wildman–Crippen MR) is 105 cm³/mol. The van der Waals surface area contributed by atoms with Gasteiger partial charge in [0.1, 0.15) is 0 Å². The van der Waals surface area contributed by atoms with Crippen LogP contribution in [-0.2, 0) is 0 Å². The van der Waals surface area contributed by atoms with Crippen LogP contribution in [0.5, 0.6) is 0 Å². The first-order chi connectivity index (χ1) is 12.9. The number of hydrogen-bond donors (Lipinski definition) is 0. The monoisotopic (exact) mass is 334 g/mol. The second-order valence-electron chi connectivity index (χ2n) is 6.42. The molecule has 3 heterocycles. The van der Waals surface area contributed by atoms with E-state index < -0.39 is 0 Å². The van der Waals surface area contributed by atoms with Crippen molar-refractivity contribution in [3.63, 3.8) is 0 Å². The van der Waals surface area contributed by atoms with Crippen LogP contribution in [0.1, 0.15) is 0 Å². The second kappa shape index (κ2) is 4.92. The Hall–Kier alpha value is -3.66. The number of rotatable bonds is 1. The molecule has 3 aromatic carbocycles. The van der Waals surface area contributed by atoms with E-state index in [0.717, 1.165) is 44.4 Å². The molecule has 0 aliphatic heterocycles. The van der Waals surface area contributed by atoms with E-state index in [1.54, 1.807) is 0 Å². The van der Waals surface area contributed by atoms with Gasteiger partial charge in [-0.05, 0) is 36.4 Å². The molecule has 0 atom stereocenters. The van der Waals surface area contributed by atoms with Crippen molar-refractivity contribution >= 4 is 38.7 Å². The van der Waals surface area contributed by atoms with Crippen LogP contribution in [0.3, 0.4) is 0 Å². The van der Waals surface area contributed by atoms with E-state index in [1.807, 2.05) is 24.4 Å². The minimum absolute atomic E-state index is 0.908. The summed E-state index contributed by atoms with van der Waals surface area (Å²) < 4.78 is 4.44. The van der Waals surface area contributed by atoms with Crippen LogP contribution in [0.25, 0.3) is 44.4 Å². The van der Waals surface area contributed by atoms with E-state index in [4.69, 9.17) is 9.97 Å².